The molecule has 1 N–H and O–H groups in total. The van der Waals surface area contributed by atoms with Crippen LogP contribution in [0.5, 0.6) is 0 Å². The molecule has 0 spiro atoms. The fourth-order valence-corrected chi connectivity index (χ4v) is 4.49. The van der Waals surface area contributed by atoms with Gasteiger partial charge in [0.05, 0.1) is 23.7 Å². The molecular weight excluding hydrogens is 434 g/mol. The Hall–Kier alpha value is -2.51. The fourth-order valence-electron chi connectivity index (χ4n) is 3.40. The van der Waals surface area contributed by atoms with E-state index in [0.717, 1.165) is 22.8 Å². The molecule has 6 nitrogen and oxygen atoms in total. The first-order chi connectivity index (χ1) is 14.8. The van der Waals surface area contributed by atoms with Gasteiger partial charge in [0, 0.05) is 16.8 Å². The number of thioether (sulfide) groups is 1. The third kappa shape index (κ3) is 5.22. The molecule has 3 rings (SSSR count). The Bertz CT molecular complexity index is 969. The molecule has 0 aliphatic carbocycles. The number of nitrogens with zero attached hydrogens (tertiary/aromatic N) is 2. The van der Waals surface area contributed by atoms with E-state index in [4.69, 9.17) is 16.3 Å². The van der Waals surface area contributed by atoms with Crippen molar-refractivity contribution in [2.24, 2.45) is 4.99 Å². The van der Waals surface area contributed by atoms with E-state index < -0.39 is 12.0 Å². The number of halogens is 1. The first-order valence-electron chi connectivity index (χ1n) is 10.1. The lowest BCUT2D eigenvalue weighted by atomic mass is 9.94. The number of fused-ring (bicyclic) bond motifs is 1. The Morgan fingerprint density at radius 1 is 1.39 bits per heavy atom. The van der Waals surface area contributed by atoms with E-state index >= 15 is 0 Å². The number of carbonyl (C=O) groups excluding carboxylic acids is 2. The van der Waals surface area contributed by atoms with Gasteiger partial charge in [0.2, 0.25) is 5.91 Å². The molecule has 2 atom stereocenters. The Labute approximate surface area is 192 Å². The van der Waals surface area contributed by atoms with Crippen molar-refractivity contribution in [2.75, 3.05) is 6.61 Å². The number of hydrogen-bond acceptors (Lipinski definition) is 6. The second-order valence-corrected chi connectivity index (χ2v) is 8.66. The molecule has 2 unspecified atom stereocenters. The number of nitrogens with one attached hydrogen (secondary N) is 1. The van der Waals surface area contributed by atoms with Crippen LogP contribution in [0.25, 0.3) is 0 Å². The van der Waals surface area contributed by atoms with Crippen LogP contribution in [0, 0.1) is 0 Å². The Kier molecular flexibility index (Phi) is 7.62. The molecule has 0 radical (unpaired) electrons. The van der Waals surface area contributed by atoms with Gasteiger partial charge in [0.15, 0.2) is 5.17 Å². The average Bonchev–Trinajstić information content (AvgIpc) is 3.13. The molecule has 31 heavy (non-hydrogen) atoms. The number of amidine groups is 1. The molecule has 0 saturated heterocycles. The third-order valence-electron chi connectivity index (χ3n) is 5.10. The molecule has 2 heterocycles. The number of amides is 1. The van der Waals surface area contributed by atoms with Gasteiger partial charge in [-0.2, -0.15) is 0 Å². The summed E-state index contributed by atoms with van der Waals surface area (Å²) in [7, 11) is 0. The molecule has 164 valence electrons. The van der Waals surface area contributed by atoms with Crippen molar-refractivity contribution in [1.29, 1.82) is 0 Å². The molecule has 0 aromatic heterocycles. The van der Waals surface area contributed by atoms with E-state index in [9.17, 15) is 9.59 Å². The summed E-state index contributed by atoms with van der Waals surface area (Å²) in [4.78, 5) is 32.1. The van der Waals surface area contributed by atoms with Crippen LogP contribution in [-0.2, 0) is 14.3 Å². The van der Waals surface area contributed by atoms with Crippen LogP contribution < -0.4 is 5.32 Å². The predicted molar refractivity (Wildman–Crippen MR) is 126 cm³/mol. The van der Waals surface area contributed by atoms with E-state index in [0.29, 0.717) is 16.3 Å². The van der Waals surface area contributed by atoms with E-state index in [-0.39, 0.29) is 25.0 Å². The summed E-state index contributed by atoms with van der Waals surface area (Å²) < 4.78 is 5.37. The molecule has 2 aliphatic rings. The maximum absolute atomic E-state index is 13.0. The van der Waals surface area contributed by atoms with Crippen LogP contribution in [0.2, 0.25) is 5.02 Å². The van der Waals surface area contributed by atoms with Crippen molar-refractivity contribution >= 4 is 40.4 Å². The van der Waals surface area contributed by atoms with Crippen LogP contribution in [0.15, 0.2) is 64.3 Å². The Balaban J connectivity index is 1.98. The lowest BCUT2D eigenvalue weighted by molar-refractivity contribution is -0.138. The van der Waals surface area contributed by atoms with Gasteiger partial charge in [0.25, 0.3) is 0 Å². The SMILES string of the molecule is C=CCOC(=O)C1=C(C)N=C2SC=C(CC(=O)NC(C)CC)N2C1c1ccc(Cl)cc1. The summed E-state index contributed by atoms with van der Waals surface area (Å²) in [6.07, 6.45) is 2.57. The number of rotatable bonds is 8. The zero-order valence-corrected chi connectivity index (χ0v) is 19.4. The fraction of sp³-hybridized carbons (Fsp3) is 0.348. The number of benzene rings is 1. The van der Waals surface area contributed by atoms with Crippen LogP contribution in [0.1, 0.15) is 45.2 Å². The van der Waals surface area contributed by atoms with Gasteiger partial charge in [-0.15, -0.1) is 0 Å². The van der Waals surface area contributed by atoms with Gasteiger partial charge in [-0.3, -0.25) is 4.79 Å². The summed E-state index contributed by atoms with van der Waals surface area (Å²) >= 11 is 7.54. The minimum absolute atomic E-state index is 0.0700. The minimum Gasteiger partial charge on any atom is -0.458 e. The summed E-state index contributed by atoms with van der Waals surface area (Å²) in [6, 6.07) is 6.95. The van der Waals surface area contributed by atoms with E-state index in [1.54, 1.807) is 19.1 Å². The van der Waals surface area contributed by atoms with Gasteiger partial charge in [-0.1, -0.05) is 55.1 Å². The summed E-state index contributed by atoms with van der Waals surface area (Å²) in [5, 5.41) is 6.24. The highest BCUT2D eigenvalue weighted by Crippen LogP contribution is 2.44. The van der Waals surface area contributed by atoms with Crippen molar-refractivity contribution in [2.45, 2.75) is 45.7 Å². The van der Waals surface area contributed by atoms with Crippen molar-refractivity contribution in [1.82, 2.24) is 10.2 Å². The van der Waals surface area contributed by atoms with Crippen molar-refractivity contribution in [3.05, 3.63) is 69.9 Å². The number of ether oxygens (including phenoxy) is 1. The lowest BCUT2D eigenvalue weighted by Gasteiger charge is -2.36. The number of aliphatic imine (C=N–C) groups is 1. The van der Waals surface area contributed by atoms with Gasteiger partial charge >= 0.3 is 5.97 Å². The molecule has 0 saturated carbocycles. The second-order valence-electron chi connectivity index (χ2n) is 7.39. The molecule has 8 heteroatoms. The Morgan fingerprint density at radius 3 is 2.74 bits per heavy atom. The molecule has 1 amide bonds. The smallest absolute Gasteiger partial charge is 0.338 e. The number of hydrogen-bond donors (Lipinski definition) is 1. The van der Waals surface area contributed by atoms with Crippen molar-refractivity contribution in [3.8, 4) is 0 Å². The molecule has 0 fully saturated rings. The minimum atomic E-state index is -0.472. The van der Waals surface area contributed by atoms with Crippen molar-refractivity contribution < 1.29 is 14.3 Å². The van der Waals surface area contributed by atoms with Crippen molar-refractivity contribution in [3.63, 3.8) is 0 Å². The average molecular weight is 460 g/mol. The van der Waals surface area contributed by atoms with Crippen LogP contribution in [0.3, 0.4) is 0 Å². The summed E-state index contributed by atoms with van der Waals surface area (Å²) in [6.45, 7) is 9.51. The first kappa shape index (κ1) is 23.2. The number of carbonyl (C=O) groups is 2. The number of allylic oxidation sites excluding steroid dienone is 1. The zero-order chi connectivity index (χ0) is 22.5. The van der Waals surface area contributed by atoms with Gasteiger partial charge in [-0.05, 0) is 43.4 Å². The lowest BCUT2D eigenvalue weighted by Crippen LogP contribution is -2.39. The third-order valence-corrected chi connectivity index (χ3v) is 6.24. The molecular formula is C23H26ClN3O3S. The topological polar surface area (TPSA) is 71.0 Å². The molecule has 0 bridgehead atoms. The summed E-state index contributed by atoms with van der Waals surface area (Å²) in [5.41, 5.74) is 2.67. The first-order valence-corrected chi connectivity index (χ1v) is 11.4. The normalized spacial score (nSPS) is 18.7. The Morgan fingerprint density at radius 2 is 2.10 bits per heavy atom. The number of esters is 1. The molecule has 2 aliphatic heterocycles. The molecule has 1 aromatic carbocycles. The van der Waals surface area contributed by atoms with E-state index in [2.05, 4.69) is 16.9 Å². The van der Waals surface area contributed by atoms with Gasteiger partial charge in [-0.25, -0.2) is 9.79 Å². The molecule has 1 aromatic rings. The van der Waals surface area contributed by atoms with Crippen LogP contribution in [0.4, 0.5) is 0 Å². The highest BCUT2D eigenvalue weighted by atomic mass is 35.5. The zero-order valence-electron chi connectivity index (χ0n) is 17.9. The summed E-state index contributed by atoms with van der Waals surface area (Å²) in [5.74, 6) is -0.528. The monoisotopic (exact) mass is 459 g/mol. The highest BCUT2D eigenvalue weighted by Gasteiger charge is 2.41. The van der Waals surface area contributed by atoms with E-state index in [1.807, 2.05) is 36.3 Å². The van der Waals surface area contributed by atoms with Gasteiger partial charge < -0.3 is 15.0 Å². The van der Waals surface area contributed by atoms with Gasteiger partial charge in [0.1, 0.15) is 6.61 Å². The second kappa shape index (κ2) is 10.2. The predicted octanol–water partition coefficient (Wildman–Crippen LogP) is 4.95. The maximum atomic E-state index is 13.0. The maximum Gasteiger partial charge on any atom is 0.338 e. The highest BCUT2D eigenvalue weighted by molar-refractivity contribution is 8.16. The van der Waals surface area contributed by atoms with Crippen LogP contribution in [-0.4, -0.2) is 34.6 Å². The largest absolute Gasteiger partial charge is 0.458 e. The standard InChI is InChI=1S/C23H26ClN3O3S/c1-5-11-30-22(29)20-15(4)26-23-27(21(20)16-7-9-17(24)10-8-16)18(13-31-23)12-19(28)25-14(3)6-2/h5,7-10,13-14,21H,1,6,11-12H2,2-4H3,(H,25,28). The van der Waals surface area contributed by atoms with E-state index in [1.165, 1.54) is 17.8 Å². The van der Waals surface area contributed by atoms with Crippen LogP contribution >= 0.6 is 23.4 Å². The quantitative estimate of drug-likeness (QED) is 0.440.